The molecule has 1 atom stereocenters. The Morgan fingerprint density at radius 2 is 1.85 bits per heavy atom. The molecule has 0 amide bonds. The van der Waals surface area contributed by atoms with Crippen LogP contribution in [0, 0.1) is 5.82 Å². The van der Waals surface area contributed by atoms with Gasteiger partial charge in [-0.15, -0.1) is 0 Å². The zero-order valence-electron chi connectivity index (χ0n) is 10.3. The van der Waals surface area contributed by atoms with Gasteiger partial charge in [0.05, 0.1) is 16.4 Å². The van der Waals surface area contributed by atoms with Gasteiger partial charge in [0, 0.05) is 21.1 Å². The van der Waals surface area contributed by atoms with E-state index in [1.807, 2.05) is 18.2 Å². The molecule has 0 bridgehead atoms. The molecule has 0 aliphatic rings. The van der Waals surface area contributed by atoms with Crippen molar-refractivity contribution in [3.8, 4) is 5.75 Å². The van der Waals surface area contributed by atoms with Crippen LogP contribution in [0.5, 0.6) is 5.75 Å². The molecule has 0 N–H and O–H groups in total. The second-order valence-electron chi connectivity index (χ2n) is 4.04. The van der Waals surface area contributed by atoms with Crippen molar-refractivity contribution in [2.75, 3.05) is 7.11 Å². The van der Waals surface area contributed by atoms with E-state index in [0.29, 0.717) is 15.2 Å². The number of benzene rings is 2. The predicted molar refractivity (Wildman–Crippen MR) is 90.6 cm³/mol. The minimum Gasteiger partial charge on any atom is -0.496 e. The van der Waals surface area contributed by atoms with E-state index in [4.69, 9.17) is 16.3 Å². The van der Waals surface area contributed by atoms with Gasteiger partial charge in [0.25, 0.3) is 0 Å². The first-order chi connectivity index (χ1) is 9.43. The van der Waals surface area contributed by atoms with Crippen LogP contribution in [-0.4, -0.2) is 7.11 Å². The van der Waals surface area contributed by atoms with Gasteiger partial charge in [0.15, 0.2) is 0 Å². The average molecular weight is 487 g/mol. The van der Waals surface area contributed by atoms with Gasteiger partial charge in [0.1, 0.15) is 11.6 Å². The summed E-state index contributed by atoms with van der Waals surface area (Å²) in [6, 6.07) is 8.66. The Kier molecular flexibility index (Phi) is 5.51. The third kappa shape index (κ3) is 3.38. The quantitative estimate of drug-likeness (QED) is 0.450. The molecule has 0 aliphatic heterocycles. The van der Waals surface area contributed by atoms with E-state index in [9.17, 15) is 4.39 Å². The highest BCUT2D eigenvalue weighted by molar-refractivity contribution is 9.11. The van der Waals surface area contributed by atoms with Crippen molar-refractivity contribution in [1.29, 1.82) is 0 Å². The molecule has 2 rings (SSSR count). The van der Waals surface area contributed by atoms with Crippen molar-refractivity contribution in [1.82, 2.24) is 0 Å². The van der Waals surface area contributed by atoms with E-state index in [2.05, 4.69) is 47.8 Å². The maximum atomic E-state index is 13.6. The second kappa shape index (κ2) is 6.77. The van der Waals surface area contributed by atoms with Crippen molar-refractivity contribution in [2.24, 2.45) is 0 Å². The Morgan fingerprint density at radius 3 is 2.45 bits per heavy atom. The Balaban J connectivity index is 2.52. The lowest BCUT2D eigenvalue weighted by Crippen LogP contribution is -1.99. The molecule has 0 radical (unpaired) electrons. The Labute approximate surface area is 146 Å². The third-order valence-electron chi connectivity index (χ3n) is 2.78. The standard InChI is InChI=1S/C14H9Br3ClFO/c1-20-13-6-12(19)10(16)5-9(13)14(17)8-3-2-7(15)4-11(8)18/h2-6,14H,1H3. The number of methoxy groups -OCH3 is 1. The Morgan fingerprint density at radius 1 is 1.15 bits per heavy atom. The highest BCUT2D eigenvalue weighted by atomic mass is 79.9. The van der Waals surface area contributed by atoms with Crippen LogP contribution in [0.2, 0.25) is 5.02 Å². The van der Waals surface area contributed by atoms with Crippen LogP contribution in [0.15, 0.2) is 39.3 Å². The normalized spacial score (nSPS) is 12.3. The van der Waals surface area contributed by atoms with Crippen molar-refractivity contribution in [3.63, 3.8) is 0 Å². The zero-order chi connectivity index (χ0) is 14.9. The molecule has 2 aromatic rings. The first kappa shape index (κ1) is 16.3. The fourth-order valence-corrected chi connectivity index (χ4v) is 3.83. The maximum Gasteiger partial charge on any atom is 0.141 e. The van der Waals surface area contributed by atoms with Crippen LogP contribution in [0.1, 0.15) is 16.0 Å². The number of hydrogen-bond acceptors (Lipinski definition) is 1. The van der Waals surface area contributed by atoms with E-state index in [-0.39, 0.29) is 10.6 Å². The number of alkyl halides is 1. The molecular weight excluding hydrogens is 478 g/mol. The summed E-state index contributed by atoms with van der Waals surface area (Å²) in [5, 5.41) is 0.615. The van der Waals surface area contributed by atoms with Gasteiger partial charge in [-0.05, 0) is 39.7 Å². The summed E-state index contributed by atoms with van der Waals surface area (Å²) in [6.07, 6.45) is 0. The molecule has 0 aromatic heterocycles. The Bertz CT molecular complexity index is 649. The Hall–Kier alpha value is -0.100. The monoisotopic (exact) mass is 484 g/mol. The molecule has 0 saturated heterocycles. The molecule has 0 aliphatic carbocycles. The molecular formula is C14H9Br3ClFO. The minimum atomic E-state index is -0.368. The van der Waals surface area contributed by atoms with Gasteiger partial charge in [-0.2, -0.15) is 0 Å². The lowest BCUT2D eigenvalue weighted by Gasteiger charge is -2.17. The average Bonchev–Trinajstić information content (AvgIpc) is 2.40. The third-order valence-corrected chi connectivity index (χ3v) is 5.20. The van der Waals surface area contributed by atoms with E-state index in [1.165, 1.54) is 13.2 Å². The van der Waals surface area contributed by atoms with E-state index in [0.717, 1.165) is 15.6 Å². The molecule has 1 unspecified atom stereocenters. The van der Waals surface area contributed by atoms with Gasteiger partial charge in [-0.25, -0.2) is 4.39 Å². The first-order valence-corrected chi connectivity index (χ1v) is 8.44. The van der Waals surface area contributed by atoms with Crippen LogP contribution in [0.3, 0.4) is 0 Å². The van der Waals surface area contributed by atoms with Crippen LogP contribution in [0.25, 0.3) is 0 Å². The lowest BCUT2D eigenvalue weighted by molar-refractivity contribution is 0.406. The van der Waals surface area contributed by atoms with Gasteiger partial charge in [-0.1, -0.05) is 49.5 Å². The molecule has 0 heterocycles. The highest BCUT2D eigenvalue weighted by Gasteiger charge is 2.20. The molecule has 2 aromatic carbocycles. The summed E-state index contributed by atoms with van der Waals surface area (Å²) in [7, 11) is 1.51. The van der Waals surface area contributed by atoms with Crippen LogP contribution in [0.4, 0.5) is 4.39 Å². The molecule has 1 nitrogen and oxygen atoms in total. The fourth-order valence-electron chi connectivity index (χ4n) is 1.79. The highest BCUT2D eigenvalue weighted by Crippen LogP contribution is 2.41. The lowest BCUT2D eigenvalue weighted by atomic mass is 10.0. The topological polar surface area (TPSA) is 9.23 Å². The van der Waals surface area contributed by atoms with Crippen molar-refractivity contribution >= 4 is 59.4 Å². The van der Waals surface area contributed by atoms with Crippen molar-refractivity contribution in [2.45, 2.75) is 4.83 Å². The number of rotatable bonds is 3. The number of hydrogen-bond donors (Lipinski definition) is 0. The largest absolute Gasteiger partial charge is 0.496 e. The molecule has 6 heteroatoms. The minimum absolute atomic E-state index is 0.199. The van der Waals surface area contributed by atoms with Crippen LogP contribution >= 0.6 is 59.4 Å². The SMILES string of the molecule is COc1cc(F)c(Br)cc1C(Br)c1ccc(Br)cc1Cl. The number of ether oxygens (including phenoxy) is 1. The van der Waals surface area contributed by atoms with Crippen molar-refractivity contribution < 1.29 is 9.13 Å². The molecule has 106 valence electrons. The van der Waals surface area contributed by atoms with Crippen LogP contribution in [-0.2, 0) is 0 Å². The van der Waals surface area contributed by atoms with E-state index >= 15 is 0 Å². The molecule has 20 heavy (non-hydrogen) atoms. The summed E-state index contributed by atoms with van der Waals surface area (Å²) < 4.78 is 20.1. The fraction of sp³-hybridized carbons (Fsp3) is 0.143. The number of halogens is 5. The smallest absolute Gasteiger partial charge is 0.141 e. The summed E-state index contributed by atoms with van der Waals surface area (Å²) in [5.41, 5.74) is 1.68. The van der Waals surface area contributed by atoms with Gasteiger partial charge >= 0.3 is 0 Å². The van der Waals surface area contributed by atoms with Gasteiger partial charge < -0.3 is 4.74 Å². The molecule has 0 spiro atoms. The second-order valence-corrected chi connectivity index (χ2v) is 7.13. The van der Waals surface area contributed by atoms with Crippen molar-refractivity contribution in [3.05, 3.63) is 61.2 Å². The van der Waals surface area contributed by atoms with E-state index < -0.39 is 0 Å². The maximum absolute atomic E-state index is 13.6. The predicted octanol–water partition coefficient (Wildman–Crippen LogP) is 6.50. The van der Waals surface area contributed by atoms with Gasteiger partial charge in [0.2, 0.25) is 0 Å². The zero-order valence-corrected chi connectivity index (χ0v) is 15.8. The molecule has 0 saturated carbocycles. The summed E-state index contributed by atoms with van der Waals surface area (Å²) in [4.78, 5) is -0.199. The summed E-state index contributed by atoms with van der Waals surface area (Å²) in [5.74, 6) is 0.0961. The van der Waals surface area contributed by atoms with Gasteiger partial charge in [-0.3, -0.25) is 0 Å². The summed E-state index contributed by atoms with van der Waals surface area (Å²) >= 11 is 16.4. The first-order valence-electron chi connectivity index (χ1n) is 5.56. The van der Waals surface area contributed by atoms with E-state index in [1.54, 1.807) is 6.07 Å². The summed E-state index contributed by atoms with van der Waals surface area (Å²) in [6.45, 7) is 0. The molecule has 0 fully saturated rings. The van der Waals surface area contributed by atoms with Crippen LogP contribution < -0.4 is 4.74 Å².